The summed E-state index contributed by atoms with van der Waals surface area (Å²) in [5.41, 5.74) is 2.28. The van der Waals surface area contributed by atoms with Gasteiger partial charge in [0.15, 0.2) is 4.34 Å². The molecule has 0 atom stereocenters. The summed E-state index contributed by atoms with van der Waals surface area (Å²) in [7, 11) is -3.97. The summed E-state index contributed by atoms with van der Waals surface area (Å²) in [6.45, 7) is 7.71. The van der Waals surface area contributed by atoms with Gasteiger partial charge in [0.2, 0.25) is 11.0 Å². The smallest absolute Gasteiger partial charge is 0.264 e. The molecule has 3 aromatic rings. The van der Waals surface area contributed by atoms with E-state index in [4.69, 9.17) is 0 Å². The lowest BCUT2D eigenvalue weighted by atomic mass is 10.1. The second-order valence-corrected chi connectivity index (χ2v) is 12.0. The van der Waals surface area contributed by atoms with E-state index in [0.29, 0.717) is 23.2 Å². The van der Waals surface area contributed by atoms with Crippen molar-refractivity contribution >= 4 is 49.8 Å². The van der Waals surface area contributed by atoms with Gasteiger partial charge in [-0.3, -0.25) is 14.4 Å². The number of anilines is 2. The van der Waals surface area contributed by atoms with Gasteiger partial charge in [-0.2, -0.15) is 0 Å². The number of aromatic nitrogens is 2. The average molecular weight is 505 g/mol. The summed E-state index contributed by atoms with van der Waals surface area (Å²) in [5.74, 6) is 0.933. The van der Waals surface area contributed by atoms with E-state index in [1.807, 2.05) is 26.0 Å². The number of hydrogen-bond donors (Lipinski definition) is 1. The van der Waals surface area contributed by atoms with Gasteiger partial charge in [0.05, 0.1) is 10.6 Å². The normalized spacial score (nSPS) is 11.5. The molecule has 0 radical (unpaired) electrons. The summed E-state index contributed by atoms with van der Waals surface area (Å²) in [6.07, 6.45) is 0.630. The SMILES string of the molecule is CCc1ccccc1N(CC(=O)Nc1nnc(SCC(C)C)s1)S(=O)(=O)c1ccc(C)cc1. The molecule has 33 heavy (non-hydrogen) atoms. The molecule has 0 saturated carbocycles. The Labute approximate surface area is 203 Å². The van der Waals surface area contributed by atoms with Gasteiger partial charge in [-0.15, -0.1) is 10.2 Å². The van der Waals surface area contributed by atoms with Crippen molar-refractivity contribution < 1.29 is 13.2 Å². The Bertz CT molecular complexity index is 1190. The van der Waals surface area contributed by atoms with Crippen LogP contribution in [0.5, 0.6) is 0 Å². The van der Waals surface area contributed by atoms with Crippen LogP contribution in [0.2, 0.25) is 0 Å². The maximum atomic E-state index is 13.6. The van der Waals surface area contributed by atoms with Crippen molar-refractivity contribution in [1.29, 1.82) is 0 Å². The Balaban J connectivity index is 1.87. The van der Waals surface area contributed by atoms with Gasteiger partial charge >= 0.3 is 0 Å². The molecule has 0 unspecified atom stereocenters. The zero-order valence-corrected chi connectivity index (χ0v) is 21.6. The highest BCUT2D eigenvalue weighted by atomic mass is 32.2. The largest absolute Gasteiger partial charge is 0.299 e. The number of rotatable bonds is 10. The molecule has 0 spiro atoms. The van der Waals surface area contributed by atoms with Gasteiger partial charge in [0, 0.05) is 5.75 Å². The standard InChI is InChI=1S/C23H28N4O3S3/c1-5-18-8-6-7-9-20(18)27(33(29,30)19-12-10-17(4)11-13-19)14-21(28)24-22-25-26-23(32-22)31-15-16(2)3/h6-13,16H,5,14-15H2,1-4H3,(H,24,25,28). The Morgan fingerprint density at radius 3 is 2.48 bits per heavy atom. The minimum absolute atomic E-state index is 0.134. The number of aryl methyl sites for hydroxylation is 2. The van der Waals surface area contributed by atoms with Crippen LogP contribution in [-0.2, 0) is 21.2 Å². The zero-order valence-electron chi connectivity index (χ0n) is 19.1. The molecule has 0 aliphatic heterocycles. The van der Waals surface area contributed by atoms with Crippen LogP contribution in [-0.4, -0.2) is 36.8 Å². The number of benzene rings is 2. The third-order valence-corrected chi connectivity index (χ3v) is 8.90. The number of nitrogens with one attached hydrogen (secondary N) is 1. The lowest BCUT2D eigenvalue weighted by Gasteiger charge is -2.26. The van der Waals surface area contributed by atoms with Crippen LogP contribution < -0.4 is 9.62 Å². The van der Waals surface area contributed by atoms with Crippen molar-refractivity contribution in [2.75, 3.05) is 21.9 Å². The first kappa shape index (κ1) is 25.2. The molecule has 0 bridgehead atoms. The highest BCUT2D eigenvalue weighted by Crippen LogP contribution is 2.29. The molecule has 0 fully saturated rings. The van der Waals surface area contributed by atoms with Crippen molar-refractivity contribution in [1.82, 2.24) is 10.2 Å². The number of para-hydroxylation sites is 1. The fraction of sp³-hybridized carbons (Fsp3) is 0.348. The minimum atomic E-state index is -3.97. The van der Waals surface area contributed by atoms with E-state index in [1.165, 1.54) is 15.6 Å². The molecular formula is C23H28N4O3S3. The molecule has 10 heteroatoms. The Morgan fingerprint density at radius 2 is 1.82 bits per heavy atom. The molecule has 0 aliphatic rings. The number of carbonyl (C=O) groups excluding carboxylic acids is 1. The van der Waals surface area contributed by atoms with E-state index in [2.05, 4.69) is 29.4 Å². The number of hydrogen-bond acceptors (Lipinski definition) is 7. The second kappa shape index (κ2) is 11.1. The summed E-state index contributed by atoms with van der Waals surface area (Å²) in [5, 5.41) is 11.2. The van der Waals surface area contributed by atoms with E-state index in [9.17, 15) is 13.2 Å². The summed E-state index contributed by atoms with van der Waals surface area (Å²) >= 11 is 2.86. The van der Waals surface area contributed by atoms with Crippen LogP contribution in [0, 0.1) is 12.8 Å². The molecule has 7 nitrogen and oxygen atoms in total. The predicted octanol–water partition coefficient (Wildman–Crippen LogP) is 4.99. The van der Waals surface area contributed by atoms with Crippen molar-refractivity contribution in [2.45, 2.75) is 43.4 Å². The maximum absolute atomic E-state index is 13.6. The Morgan fingerprint density at radius 1 is 1.12 bits per heavy atom. The van der Waals surface area contributed by atoms with Gasteiger partial charge < -0.3 is 0 Å². The minimum Gasteiger partial charge on any atom is -0.299 e. The third kappa shape index (κ3) is 6.55. The van der Waals surface area contributed by atoms with Gasteiger partial charge in [-0.05, 0) is 43.0 Å². The maximum Gasteiger partial charge on any atom is 0.264 e. The topological polar surface area (TPSA) is 92.3 Å². The van der Waals surface area contributed by atoms with E-state index >= 15 is 0 Å². The lowest BCUT2D eigenvalue weighted by Crippen LogP contribution is -2.38. The van der Waals surface area contributed by atoms with Crippen LogP contribution in [0.4, 0.5) is 10.8 Å². The van der Waals surface area contributed by atoms with Crippen LogP contribution in [0.15, 0.2) is 57.8 Å². The molecule has 1 amide bonds. The fourth-order valence-electron chi connectivity index (χ4n) is 3.04. The molecule has 1 aromatic heterocycles. The van der Waals surface area contributed by atoms with Crippen molar-refractivity contribution in [3.8, 4) is 0 Å². The number of amides is 1. The van der Waals surface area contributed by atoms with Crippen LogP contribution in [0.3, 0.4) is 0 Å². The number of sulfonamides is 1. The van der Waals surface area contributed by atoms with Crippen LogP contribution >= 0.6 is 23.1 Å². The molecule has 0 saturated heterocycles. The molecular weight excluding hydrogens is 476 g/mol. The highest BCUT2D eigenvalue weighted by Gasteiger charge is 2.29. The summed E-state index contributed by atoms with van der Waals surface area (Å²) < 4.78 is 29.1. The zero-order chi connectivity index (χ0) is 24.0. The van der Waals surface area contributed by atoms with Crippen LogP contribution in [0.1, 0.15) is 31.9 Å². The lowest BCUT2D eigenvalue weighted by molar-refractivity contribution is -0.114. The Kier molecular flexibility index (Phi) is 8.50. The van der Waals surface area contributed by atoms with E-state index in [-0.39, 0.29) is 11.4 Å². The second-order valence-electron chi connectivity index (χ2n) is 7.93. The van der Waals surface area contributed by atoms with Crippen molar-refractivity contribution in [2.24, 2.45) is 5.92 Å². The summed E-state index contributed by atoms with van der Waals surface area (Å²) in [6, 6.07) is 13.8. The Hall–Kier alpha value is -2.43. The molecule has 0 aliphatic carbocycles. The predicted molar refractivity (Wildman–Crippen MR) is 136 cm³/mol. The molecule has 1 heterocycles. The quantitative estimate of drug-likeness (QED) is 0.309. The molecule has 2 aromatic carbocycles. The molecule has 176 valence electrons. The van der Waals surface area contributed by atoms with Gasteiger partial charge in [-0.25, -0.2) is 8.42 Å². The van der Waals surface area contributed by atoms with E-state index in [0.717, 1.165) is 21.2 Å². The number of carbonyl (C=O) groups is 1. The first-order chi connectivity index (χ1) is 15.7. The summed E-state index contributed by atoms with van der Waals surface area (Å²) in [4.78, 5) is 13.1. The number of nitrogens with zero attached hydrogens (tertiary/aromatic N) is 3. The first-order valence-electron chi connectivity index (χ1n) is 10.6. The van der Waals surface area contributed by atoms with Gasteiger partial charge in [-0.1, -0.05) is 79.8 Å². The highest BCUT2D eigenvalue weighted by molar-refractivity contribution is 8.01. The third-order valence-electron chi connectivity index (χ3n) is 4.73. The van der Waals surface area contributed by atoms with E-state index in [1.54, 1.807) is 48.2 Å². The number of thioether (sulfide) groups is 1. The van der Waals surface area contributed by atoms with E-state index < -0.39 is 15.9 Å². The average Bonchev–Trinajstić information content (AvgIpc) is 3.23. The van der Waals surface area contributed by atoms with Crippen molar-refractivity contribution in [3.63, 3.8) is 0 Å². The monoisotopic (exact) mass is 504 g/mol. The van der Waals surface area contributed by atoms with Gasteiger partial charge in [0.1, 0.15) is 6.54 Å². The first-order valence-corrected chi connectivity index (χ1v) is 13.9. The van der Waals surface area contributed by atoms with Gasteiger partial charge in [0.25, 0.3) is 10.0 Å². The van der Waals surface area contributed by atoms with Crippen molar-refractivity contribution in [3.05, 3.63) is 59.7 Å². The molecule has 1 N–H and O–H groups in total. The van der Waals surface area contributed by atoms with Crippen LogP contribution in [0.25, 0.3) is 0 Å². The molecule has 3 rings (SSSR count). The fourth-order valence-corrected chi connectivity index (χ4v) is 6.24.